The Hall–Kier alpha value is -1.00. The molecule has 12 heavy (non-hydrogen) atoms. The first-order chi connectivity index (χ1) is 5.97. The van der Waals surface area contributed by atoms with Crippen LogP contribution < -0.4 is 5.48 Å². The second-order valence-corrected chi connectivity index (χ2v) is 2.81. The summed E-state index contributed by atoms with van der Waals surface area (Å²) in [5.74, 6) is 0. The monoisotopic (exact) mass is 165 g/mol. The van der Waals surface area contributed by atoms with Crippen molar-refractivity contribution in [2.45, 2.75) is 18.9 Å². The van der Waals surface area contributed by atoms with E-state index in [1.165, 1.54) is 6.33 Å². The molecule has 4 heteroatoms. The maximum absolute atomic E-state index is 5.33. The lowest BCUT2D eigenvalue weighted by Crippen LogP contribution is -2.25. The lowest BCUT2D eigenvalue weighted by Gasteiger charge is -2.22. The van der Waals surface area contributed by atoms with Crippen LogP contribution in [0, 0.1) is 0 Å². The van der Waals surface area contributed by atoms with Crippen molar-refractivity contribution in [2.75, 3.05) is 6.54 Å². The van der Waals surface area contributed by atoms with Crippen LogP contribution in [0.2, 0.25) is 0 Å². The molecular formula is C8H11N3O. The Morgan fingerprint density at radius 3 is 2.92 bits per heavy atom. The highest BCUT2D eigenvalue weighted by Crippen LogP contribution is 2.22. The van der Waals surface area contributed by atoms with Crippen molar-refractivity contribution >= 4 is 0 Å². The van der Waals surface area contributed by atoms with Crippen LogP contribution in [0.25, 0.3) is 0 Å². The van der Waals surface area contributed by atoms with Crippen LogP contribution in [-0.4, -0.2) is 16.5 Å². The number of hydrogen-bond donors (Lipinski definition) is 1. The first-order valence-corrected chi connectivity index (χ1v) is 4.10. The first kappa shape index (κ1) is 7.64. The molecule has 0 spiro atoms. The Morgan fingerprint density at radius 2 is 2.25 bits per heavy atom. The van der Waals surface area contributed by atoms with E-state index in [0.29, 0.717) is 0 Å². The number of hydrogen-bond acceptors (Lipinski definition) is 4. The molecule has 1 unspecified atom stereocenters. The van der Waals surface area contributed by atoms with Crippen LogP contribution in [0.15, 0.2) is 18.7 Å². The molecule has 0 amide bonds. The maximum Gasteiger partial charge on any atom is 0.115 e. The van der Waals surface area contributed by atoms with Crippen molar-refractivity contribution in [3.63, 3.8) is 0 Å². The molecule has 64 valence electrons. The molecule has 1 aromatic heterocycles. The van der Waals surface area contributed by atoms with Gasteiger partial charge in [-0.3, -0.25) is 4.84 Å². The Morgan fingerprint density at radius 1 is 1.42 bits per heavy atom. The average molecular weight is 165 g/mol. The number of rotatable bonds is 1. The summed E-state index contributed by atoms with van der Waals surface area (Å²) >= 11 is 0. The SMILES string of the molecule is c1ncc(C2CCCNO2)cn1. The molecule has 1 aliphatic heterocycles. The molecule has 1 N–H and O–H groups in total. The lowest BCUT2D eigenvalue weighted by atomic mass is 10.1. The van der Waals surface area contributed by atoms with Crippen LogP contribution in [0.1, 0.15) is 24.5 Å². The molecule has 2 heterocycles. The summed E-state index contributed by atoms with van der Waals surface area (Å²) in [6.07, 6.45) is 7.43. The van der Waals surface area contributed by atoms with Crippen LogP contribution in [-0.2, 0) is 4.84 Å². The van der Waals surface area contributed by atoms with Crippen LogP contribution in [0.5, 0.6) is 0 Å². The van der Waals surface area contributed by atoms with Gasteiger partial charge in [-0.05, 0) is 12.8 Å². The fourth-order valence-electron chi connectivity index (χ4n) is 1.29. The topological polar surface area (TPSA) is 47.0 Å². The molecule has 1 fully saturated rings. The third-order valence-electron chi connectivity index (χ3n) is 1.92. The summed E-state index contributed by atoms with van der Waals surface area (Å²) in [6, 6.07) is 0. The standard InChI is InChI=1S/C8H11N3O/c1-2-8(12-11-3-1)7-4-9-6-10-5-7/h4-6,8,11H,1-3H2. The fourth-order valence-corrected chi connectivity index (χ4v) is 1.29. The average Bonchev–Trinajstić information content (AvgIpc) is 2.21. The van der Waals surface area contributed by atoms with Crippen molar-refractivity contribution in [1.29, 1.82) is 0 Å². The van der Waals surface area contributed by atoms with Gasteiger partial charge in [0.15, 0.2) is 0 Å². The summed E-state index contributed by atoms with van der Waals surface area (Å²) in [5, 5.41) is 0. The normalized spacial score (nSPS) is 23.8. The maximum atomic E-state index is 5.33. The van der Waals surface area contributed by atoms with E-state index in [1.54, 1.807) is 12.4 Å². The van der Waals surface area contributed by atoms with Gasteiger partial charge < -0.3 is 0 Å². The van der Waals surface area contributed by atoms with E-state index in [4.69, 9.17) is 4.84 Å². The third-order valence-corrected chi connectivity index (χ3v) is 1.92. The summed E-state index contributed by atoms with van der Waals surface area (Å²) < 4.78 is 0. The zero-order valence-electron chi connectivity index (χ0n) is 6.73. The van der Waals surface area contributed by atoms with Gasteiger partial charge >= 0.3 is 0 Å². The van der Waals surface area contributed by atoms with Gasteiger partial charge in [-0.1, -0.05) is 0 Å². The van der Waals surface area contributed by atoms with Gasteiger partial charge in [-0.25, -0.2) is 15.4 Å². The van der Waals surface area contributed by atoms with E-state index >= 15 is 0 Å². The molecule has 0 bridgehead atoms. The van der Waals surface area contributed by atoms with E-state index in [9.17, 15) is 0 Å². The summed E-state index contributed by atoms with van der Waals surface area (Å²) in [5.41, 5.74) is 3.92. The van der Waals surface area contributed by atoms with Crippen molar-refractivity contribution in [1.82, 2.24) is 15.4 Å². The fraction of sp³-hybridized carbons (Fsp3) is 0.500. The Balaban J connectivity index is 2.08. The first-order valence-electron chi connectivity index (χ1n) is 4.10. The third kappa shape index (κ3) is 1.60. The van der Waals surface area contributed by atoms with Crippen molar-refractivity contribution in [3.8, 4) is 0 Å². The minimum atomic E-state index is 0.125. The highest BCUT2D eigenvalue weighted by atomic mass is 16.7. The molecule has 1 saturated heterocycles. The van der Waals surface area contributed by atoms with Gasteiger partial charge in [0.2, 0.25) is 0 Å². The zero-order valence-corrected chi connectivity index (χ0v) is 6.73. The van der Waals surface area contributed by atoms with Gasteiger partial charge in [-0.15, -0.1) is 0 Å². The van der Waals surface area contributed by atoms with E-state index in [0.717, 1.165) is 24.9 Å². The number of nitrogens with one attached hydrogen (secondary N) is 1. The van der Waals surface area contributed by atoms with E-state index in [1.807, 2.05) is 0 Å². The van der Waals surface area contributed by atoms with Crippen molar-refractivity contribution < 1.29 is 4.84 Å². The number of hydroxylamine groups is 1. The summed E-state index contributed by atoms with van der Waals surface area (Å²) in [7, 11) is 0. The predicted octanol–water partition coefficient (Wildman–Crippen LogP) is 0.833. The molecule has 1 atom stereocenters. The second-order valence-electron chi connectivity index (χ2n) is 2.81. The van der Waals surface area contributed by atoms with Crippen LogP contribution in [0.3, 0.4) is 0 Å². The summed E-state index contributed by atoms with van der Waals surface area (Å²) in [4.78, 5) is 13.2. The quantitative estimate of drug-likeness (QED) is 0.669. The molecule has 1 aromatic rings. The molecule has 2 rings (SSSR count). The van der Waals surface area contributed by atoms with Gasteiger partial charge in [0.25, 0.3) is 0 Å². The largest absolute Gasteiger partial charge is 0.294 e. The highest BCUT2D eigenvalue weighted by Gasteiger charge is 2.15. The van der Waals surface area contributed by atoms with Crippen molar-refractivity contribution in [3.05, 3.63) is 24.3 Å². The molecule has 4 nitrogen and oxygen atoms in total. The molecule has 0 aromatic carbocycles. The number of aromatic nitrogens is 2. The molecular weight excluding hydrogens is 154 g/mol. The molecule has 0 aliphatic carbocycles. The Bertz CT molecular complexity index is 233. The summed E-state index contributed by atoms with van der Waals surface area (Å²) in [6.45, 7) is 0.935. The van der Waals surface area contributed by atoms with Gasteiger partial charge in [0.05, 0.1) is 0 Å². The van der Waals surface area contributed by atoms with E-state index in [-0.39, 0.29) is 6.10 Å². The lowest BCUT2D eigenvalue weighted by molar-refractivity contribution is -0.0574. The van der Waals surface area contributed by atoms with Gasteiger partial charge in [0.1, 0.15) is 12.4 Å². The van der Waals surface area contributed by atoms with E-state index in [2.05, 4.69) is 15.4 Å². The minimum absolute atomic E-state index is 0.125. The molecule has 1 aliphatic rings. The predicted molar refractivity (Wildman–Crippen MR) is 43.1 cm³/mol. The Labute approximate surface area is 70.9 Å². The molecule has 0 saturated carbocycles. The minimum Gasteiger partial charge on any atom is -0.294 e. The number of nitrogens with zero attached hydrogens (tertiary/aromatic N) is 2. The highest BCUT2D eigenvalue weighted by molar-refractivity contribution is 5.07. The Kier molecular flexibility index (Phi) is 2.29. The van der Waals surface area contributed by atoms with Crippen LogP contribution >= 0.6 is 0 Å². The van der Waals surface area contributed by atoms with Crippen molar-refractivity contribution in [2.24, 2.45) is 0 Å². The van der Waals surface area contributed by atoms with Gasteiger partial charge in [-0.2, -0.15) is 0 Å². The van der Waals surface area contributed by atoms with Crippen LogP contribution in [0.4, 0.5) is 0 Å². The second kappa shape index (κ2) is 3.60. The van der Waals surface area contributed by atoms with E-state index < -0.39 is 0 Å². The van der Waals surface area contributed by atoms with Gasteiger partial charge in [0, 0.05) is 24.5 Å². The zero-order chi connectivity index (χ0) is 8.23. The smallest absolute Gasteiger partial charge is 0.115 e. The molecule has 0 radical (unpaired) electrons.